The monoisotopic (exact) mass is 354 g/mol. The number of nitrogens with zero attached hydrogens (tertiary/aromatic N) is 1. The lowest BCUT2D eigenvalue weighted by Gasteiger charge is -2.35. The number of rotatable bonds is 5. The van der Waals surface area contributed by atoms with Gasteiger partial charge in [-0.3, -0.25) is 0 Å². The molecule has 1 aliphatic rings. The van der Waals surface area contributed by atoms with E-state index in [4.69, 9.17) is 16.3 Å². The van der Waals surface area contributed by atoms with Gasteiger partial charge in [-0.25, -0.2) is 8.42 Å². The highest BCUT2D eigenvalue weighted by molar-refractivity contribution is 7.89. The Morgan fingerprint density at radius 1 is 1.48 bits per heavy atom. The van der Waals surface area contributed by atoms with Gasteiger partial charge in [-0.15, -0.1) is 12.4 Å². The van der Waals surface area contributed by atoms with Crippen LogP contribution in [0, 0.1) is 0 Å². The second-order valence-electron chi connectivity index (χ2n) is 4.69. The highest BCUT2D eigenvalue weighted by Crippen LogP contribution is 2.27. The molecule has 8 heteroatoms. The average molecular weight is 355 g/mol. The molecule has 0 aliphatic carbocycles. The topological polar surface area (TPSA) is 58.6 Å². The fourth-order valence-corrected chi connectivity index (χ4v) is 4.09. The third-order valence-corrected chi connectivity index (χ3v) is 5.40. The van der Waals surface area contributed by atoms with Gasteiger partial charge >= 0.3 is 0 Å². The van der Waals surface area contributed by atoms with Gasteiger partial charge in [0, 0.05) is 31.8 Å². The molecule has 1 aromatic carbocycles. The Labute approximate surface area is 137 Å². The van der Waals surface area contributed by atoms with Crippen LogP contribution >= 0.6 is 24.0 Å². The molecule has 120 valence electrons. The van der Waals surface area contributed by atoms with Crippen LogP contribution in [0.4, 0.5) is 0 Å². The highest BCUT2D eigenvalue weighted by Gasteiger charge is 2.32. The molecule has 1 aromatic rings. The number of nitrogens with one attached hydrogen (secondary N) is 1. The first-order chi connectivity index (χ1) is 9.54. The lowest BCUT2D eigenvalue weighted by Crippen LogP contribution is -2.49. The van der Waals surface area contributed by atoms with Crippen LogP contribution in [0.1, 0.15) is 11.6 Å². The van der Waals surface area contributed by atoms with Crippen LogP contribution in [0.5, 0.6) is 0 Å². The molecule has 1 aliphatic heterocycles. The normalized spacial score (nSPS) is 20.0. The summed E-state index contributed by atoms with van der Waals surface area (Å²) >= 11 is 6.00. The molecule has 1 heterocycles. The van der Waals surface area contributed by atoms with Gasteiger partial charge in [0.25, 0.3) is 0 Å². The average Bonchev–Trinajstić information content (AvgIpc) is 2.45. The van der Waals surface area contributed by atoms with Crippen LogP contribution in [0.25, 0.3) is 0 Å². The minimum absolute atomic E-state index is 0. The molecule has 5 nitrogen and oxygen atoms in total. The van der Waals surface area contributed by atoms with Crippen molar-refractivity contribution in [2.45, 2.75) is 6.04 Å². The molecule has 21 heavy (non-hydrogen) atoms. The van der Waals surface area contributed by atoms with Crippen molar-refractivity contribution in [1.82, 2.24) is 9.62 Å². The quantitative estimate of drug-likeness (QED) is 0.873. The predicted molar refractivity (Wildman–Crippen MR) is 86.7 cm³/mol. The molecular formula is C13H20Cl2N2O3S. The number of hydrogen-bond donors (Lipinski definition) is 1. The largest absolute Gasteiger partial charge is 0.384 e. The summed E-state index contributed by atoms with van der Waals surface area (Å²) in [6.45, 7) is 1.91. The fraction of sp³-hybridized carbons (Fsp3) is 0.538. The molecule has 0 amide bonds. The van der Waals surface area contributed by atoms with Gasteiger partial charge in [-0.1, -0.05) is 23.7 Å². The van der Waals surface area contributed by atoms with E-state index in [1.54, 1.807) is 10.4 Å². The summed E-state index contributed by atoms with van der Waals surface area (Å²) in [5, 5.41) is 3.84. The third-order valence-electron chi connectivity index (χ3n) is 3.33. The Kier molecular flexibility index (Phi) is 7.39. The van der Waals surface area contributed by atoms with Crippen LogP contribution in [-0.2, 0) is 14.8 Å². The van der Waals surface area contributed by atoms with Crippen molar-refractivity contribution < 1.29 is 13.2 Å². The van der Waals surface area contributed by atoms with Crippen molar-refractivity contribution in [3.63, 3.8) is 0 Å². The zero-order valence-electron chi connectivity index (χ0n) is 11.8. The number of piperazine rings is 1. The van der Waals surface area contributed by atoms with E-state index in [-0.39, 0.29) is 30.8 Å². The molecule has 0 saturated carbocycles. The first kappa shape index (κ1) is 18.7. The first-order valence-electron chi connectivity index (χ1n) is 6.49. The summed E-state index contributed by atoms with van der Waals surface area (Å²) in [5.41, 5.74) is 0.908. The van der Waals surface area contributed by atoms with Crippen molar-refractivity contribution >= 4 is 34.0 Å². The van der Waals surface area contributed by atoms with Crippen LogP contribution < -0.4 is 5.32 Å². The Balaban J connectivity index is 0.00000220. The van der Waals surface area contributed by atoms with Crippen molar-refractivity contribution in [1.29, 1.82) is 0 Å². The molecule has 0 bridgehead atoms. The molecule has 1 fully saturated rings. The smallest absolute Gasteiger partial charge is 0.217 e. The Bertz CT molecular complexity index is 554. The highest BCUT2D eigenvalue weighted by atomic mass is 35.5. The number of methoxy groups -OCH3 is 1. The van der Waals surface area contributed by atoms with Crippen LogP contribution in [0.15, 0.2) is 24.3 Å². The Morgan fingerprint density at radius 2 is 2.24 bits per heavy atom. The summed E-state index contributed by atoms with van der Waals surface area (Å²) in [5.74, 6) is 0.000561. The van der Waals surface area contributed by atoms with Crippen LogP contribution in [0.3, 0.4) is 0 Å². The zero-order chi connectivity index (χ0) is 14.6. The van der Waals surface area contributed by atoms with E-state index in [0.717, 1.165) is 5.56 Å². The molecule has 1 saturated heterocycles. The van der Waals surface area contributed by atoms with Crippen LogP contribution in [0.2, 0.25) is 5.02 Å². The first-order valence-corrected chi connectivity index (χ1v) is 8.48. The lowest BCUT2D eigenvalue weighted by molar-refractivity contribution is 0.212. The molecule has 1 atom stereocenters. The van der Waals surface area contributed by atoms with E-state index < -0.39 is 10.0 Å². The Hall–Kier alpha value is -0.370. The summed E-state index contributed by atoms with van der Waals surface area (Å²) < 4.78 is 31.2. The molecule has 1 unspecified atom stereocenters. The molecule has 1 N–H and O–H groups in total. The number of ether oxygens (including phenoxy) is 1. The van der Waals surface area contributed by atoms with E-state index >= 15 is 0 Å². The molecule has 2 rings (SSSR count). The molecule has 0 spiro atoms. The summed E-state index contributed by atoms with van der Waals surface area (Å²) in [4.78, 5) is 0. The number of sulfonamides is 1. The van der Waals surface area contributed by atoms with E-state index in [1.165, 1.54) is 7.11 Å². The second kappa shape index (κ2) is 8.31. The number of halogens is 2. The summed E-state index contributed by atoms with van der Waals surface area (Å²) in [6.07, 6.45) is 0. The zero-order valence-corrected chi connectivity index (χ0v) is 14.2. The van der Waals surface area contributed by atoms with Gasteiger partial charge in [-0.2, -0.15) is 4.31 Å². The van der Waals surface area contributed by atoms with Gasteiger partial charge in [0.2, 0.25) is 10.0 Å². The summed E-state index contributed by atoms with van der Waals surface area (Å²) in [7, 11) is -1.83. The predicted octanol–water partition coefficient (Wildman–Crippen LogP) is 1.68. The van der Waals surface area contributed by atoms with Crippen molar-refractivity contribution in [3.05, 3.63) is 34.9 Å². The molecule has 0 aromatic heterocycles. The van der Waals surface area contributed by atoms with Gasteiger partial charge in [-0.05, 0) is 17.7 Å². The van der Waals surface area contributed by atoms with Crippen molar-refractivity contribution in [3.8, 4) is 0 Å². The number of hydrogen-bond acceptors (Lipinski definition) is 4. The lowest BCUT2D eigenvalue weighted by atomic mass is 10.1. The number of benzene rings is 1. The molecular weight excluding hydrogens is 335 g/mol. The van der Waals surface area contributed by atoms with Crippen LogP contribution in [-0.4, -0.2) is 51.8 Å². The van der Waals surface area contributed by atoms with Crippen molar-refractivity contribution in [2.24, 2.45) is 0 Å². The maximum Gasteiger partial charge on any atom is 0.217 e. The standard InChI is InChI=1S/C13H19ClN2O3S.ClH/c1-19-7-8-20(17,18)16-6-5-15-10-13(16)11-3-2-4-12(14)9-11;/h2-4,9,13,15H,5-8,10H2,1H3;1H. The van der Waals surface area contributed by atoms with E-state index in [0.29, 0.717) is 24.7 Å². The summed E-state index contributed by atoms with van der Waals surface area (Å²) in [6, 6.07) is 7.13. The fourth-order valence-electron chi connectivity index (χ4n) is 2.32. The Morgan fingerprint density at radius 3 is 2.90 bits per heavy atom. The van der Waals surface area contributed by atoms with Gasteiger partial charge in [0.1, 0.15) is 0 Å². The maximum absolute atomic E-state index is 12.4. The maximum atomic E-state index is 12.4. The molecule has 0 radical (unpaired) electrons. The third kappa shape index (κ3) is 4.81. The van der Waals surface area contributed by atoms with Gasteiger partial charge in [0.15, 0.2) is 0 Å². The minimum Gasteiger partial charge on any atom is -0.384 e. The second-order valence-corrected chi connectivity index (χ2v) is 7.17. The van der Waals surface area contributed by atoms with Gasteiger partial charge in [0.05, 0.1) is 18.4 Å². The SMILES string of the molecule is COCCS(=O)(=O)N1CCNCC1c1cccc(Cl)c1.Cl. The van der Waals surface area contributed by atoms with Gasteiger partial charge < -0.3 is 10.1 Å². The van der Waals surface area contributed by atoms with Crippen molar-refractivity contribution in [2.75, 3.05) is 39.1 Å². The minimum atomic E-state index is -3.33. The van der Waals surface area contributed by atoms with E-state index in [1.807, 2.05) is 18.2 Å². The van der Waals surface area contributed by atoms with E-state index in [2.05, 4.69) is 5.32 Å². The van der Waals surface area contributed by atoms with E-state index in [9.17, 15) is 8.42 Å².